The highest BCUT2D eigenvalue weighted by Gasteiger charge is 2.21. The number of hydrogen-bond donors (Lipinski definition) is 2. The maximum atomic E-state index is 9.30. The minimum absolute atomic E-state index is 0.0289. The first kappa shape index (κ1) is 12.2. The molecule has 0 amide bonds. The zero-order chi connectivity index (χ0) is 12.1. The van der Waals surface area contributed by atoms with Gasteiger partial charge in [-0.1, -0.05) is 6.07 Å². The Bertz CT molecular complexity index is 350. The highest BCUT2D eigenvalue weighted by atomic mass is 16.5. The van der Waals surface area contributed by atoms with Crippen molar-refractivity contribution >= 4 is 0 Å². The van der Waals surface area contributed by atoms with E-state index in [1.54, 1.807) is 18.2 Å². The summed E-state index contributed by atoms with van der Waals surface area (Å²) >= 11 is 0. The molecular weight excluding hydrogens is 218 g/mol. The molecule has 2 rings (SSSR count). The van der Waals surface area contributed by atoms with Gasteiger partial charge in [0.25, 0.3) is 0 Å². The van der Waals surface area contributed by atoms with Crippen molar-refractivity contribution in [2.75, 3.05) is 19.8 Å². The first-order chi connectivity index (χ1) is 8.25. The maximum absolute atomic E-state index is 9.30. The molecule has 17 heavy (non-hydrogen) atoms. The van der Waals surface area contributed by atoms with E-state index in [1.807, 2.05) is 6.07 Å². The molecule has 1 heterocycles. The Balaban J connectivity index is 1.80. The lowest BCUT2D eigenvalue weighted by atomic mass is 9.93. The van der Waals surface area contributed by atoms with Crippen molar-refractivity contribution in [3.8, 4) is 11.5 Å². The van der Waals surface area contributed by atoms with Gasteiger partial charge in [0.05, 0.1) is 0 Å². The van der Waals surface area contributed by atoms with Crippen LogP contribution in [0.15, 0.2) is 24.3 Å². The Morgan fingerprint density at radius 1 is 1.41 bits per heavy atom. The Morgan fingerprint density at radius 3 is 2.88 bits per heavy atom. The van der Waals surface area contributed by atoms with Gasteiger partial charge >= 0.3 is 0 Å². The summed E-state index contributed by atoms with van der Waals surface area (Å²) in [5.74, 6) is 1.34. The van der Waals surface area contributed by atoms with Gasteiger partial charge in [0.2, 0.25) is 0 Å². The van der Waals surface area contributed by atoms with Crippen LogP contribution in [0.5, 0.6) is 11.5 Å². The normalized spacial score (nSPS) is 18.9. The summed E-state index contributed by atoms with van der Waals surface area (Å²) < 4.78 is 10.9. The van der Waals surface area contributed by atoms with E-state index in [-0.39, 0.29) is 11.8 Å². The van der Waals surface area contributed by atoms with E-state index in [0.717, 1.165) is 26.1 Å². The van der Waals surface area contributed by atoms with E-state index in [2.05, 4.69) is 0 Å². The van der Waals surface area contributed by atoms with Gasteiger partial charge in [-0.05, 0) is 30.9 Å². The molecule has 1 saturated heterocycles. The van der Waals surface area contributed by atoms with Gasteiger partial charge in [0.1, 0.15) is 18.1 Å². The van der Waals surface area contributed by atoms with Crippen LogP contribution in [-0.2, 0) is 4.74 Å². The Hall–Kier alpha value is -1.26. The van der Waals surface area contributed by atoms with E-state index in [9.17, 15) is 5.11 Å². The van der Waals surface area contributed by atoms with Gasteiger partial charge in [-0.2, -0.15) is 0 Å². The molecule has 0 radical (unpaired) electrons. The minimum atomic E-state index is 0.0289. The summed E-state index contributed by atoms with van der Waals surface area (Å²) in [5.41, 5.74) is 6.09. The van der Waals surface area contributed by atoms with Crippen LogP contribution in [0.25, 0.3) is 0 Å². The number of aromatic hydroxyl groups is 1. The van der Waals surface area contributed by atoms with E-state index >= 15 is 0 Å². The van der Waals surface area contributed by atoms with Gasteiger partial charge in [-0.3, -0.25) is 0 Å². The molecule has 1 aliphatic heterocycles. The Morgan fingerprint density at radius 2 is 2.18 bits per heavy atom. The molecule has 0 saturated carbocycles. The predicted molar refractivity (Wildman–Crippen MR) is 65.1 cm³/mol. The predicted octanol–water partition coefficient (Wildman–Crippen LogP) is 1.52. The van der Waals surface area contributed by atoms with E-state index in [4.69, 9.17) is 15.2 Å². The zero-order valence-electron chi connectivity index (χ0n) is 9.84. The molecule has 4 nitrogen and oxygen atoms in total. The van der Waals surface area contributed by atoms with Crippen LogP contribution in [0.4, 0.5) is 0 Å². The summed E-state index contributed by atoms with van der Waals surface area (Å²) in [6.45, 7) is 2.07. The van der Waals surface area contributed by atoms with Gasteiger partial charge in [-0.15, -0.1) is 0 Å². The van der Waals surface area contributed by atoms with E-state index in [1.165, 1.54) is 0 Å². The summed E-state index contributed by atoms with van der Waals surface area (Å²) in [5, 5.41) is 9.30. The molecule has 0 spiro atoms. The van der Waals surface area contributed by atoms with Crippen LogP contribution >= 0.6 is 0 Å². The standard InChI is InChI=1S/C13H19NO3/c14-13(10-4-6-16-7-5-10)9-17-12-3-1-2-11(15)8-12/h1-3,8,10,13,15H,4-7,9,14H2. The van der Waals surface area contributed by atoms with Crippen LogP contribution < -0.4 is 10.5 Å². The average Bonchev–Trinajstić information content (AvgIpc) is 2.37. The Kier molecular flexibility index (Phi) is 4.23. The molecular formula is C13H19NO3. The second-order valence-corrected chi connectivity index (χ2v) is 4.42. The lowest BCUT2D eigenvalue weighted by molar-refractivity contribution is 0.0521. The van der Waals surface area contributed by atoms with Crippen molar-refractivity contribution in [2.24, 2.45) is 11.7 Å². The summed E-state index contributed by atoms with van der Waals surface area (Å²) in [7, 11) is 0. The lowest BCUT2D eigenvalue weighted by Crippen LogP contribution is -2.38. The monoisotopic (exact) mass is 237 g/mol. The molecule has 1 aromatic carbocycles. The fraction of sp³-hybridized carbons (Fsp3) is 0.538. The van der Waals surface area contributed by atoms with Crippen LogP contribution in [0.3, 0.4) is 0 Å². The third-order valence-corrected chi connectivity index (χ3v) is 3.13. The van der Waals surface area contributed by atoms with Crippen molar-refractivity contribution in [3.63, 3.8) is 0 Å². The molecule has 1 aliphatic rings. The van der Waals surface area contributed by atoms with Gasteiger partial charge in [0, 0.05) is 25.3 Å². The third-order valence-electron chi connectivity index (χ3n) is 3.13. The largest absolute Gasteiger partial charge is 0.508 e. The summed E-state index contributed by atoms with van der Waals surface area (Å²) in [6.07, 6.45) is 2.01. The maximum Gasteiger partial charge on any atom is 0.123 e. The first-order valence-corrected chi connectivity index (χ1v) is 6.01. The molecule has 1 fully saturated rings. The van der Waals surface area contributed by atoms with Gasteiger partial charge in [0.15, 0.2) is 0 Å². The molecule has 0 bridgehead atoms. The van der Waals surface area contributed by atoms with Crippen LogP contribution in [0.2, 0.25) is 0 Å². The number of rotatable bonds is 4. The fourth-order valence-electron chi connectivity index (χ4n) is 2.05. The average molecular weight is 237 g/mol. The van der Waals surface area contributed by atoms with Crippen LogP contribution in [0.1, 0.15) is 12.8 Å². The van der Waals surface area contributed by atoms with Crippen LogP contribution in [0, 0.1) is 5.92 Å². The minimum Gasteiger partial charge on any atom is -0.508 e. The lowest BCUT2D eigenvalue weighted by Gasteiger charge is -2.27. The number of phenolic OH excluding ortho intramolecular Hbond substituents is 1. The SMILES string of the molecule is NC(COc1cccc(O)c1)C1CCOCC1. The quantitative estimate of drug-likeness (QED) is 0.833. The van der Waals surface area contributed by atoms with Gasteiger partial charge in [-0.25, -0.2) is 0 Å². The third kappa shape index (κ3) is 3.61. The smallest absolute Gasteiger partial charge is 0.123 e. The summed E-state index contributed by atoms with van der Waals surface area (Å²) in [4.78, 5) is 0. The number of nitrogens with two attached hydrogens (primary N) is 1. The topological polar surface area (TPSA) is 64.7 Å². The van der Waals surface area contributed by atoms with Crippen molar-refractivity contribution in [1.82, 2.24) is 0 Å². The molecule has 0 aliphatic carbocycles. The number of benzene rings is 1. The van der Waals surface area contributed by atoms with Crippen molar-refractivity contribution in [3.05, 3.63) is 24.3 Å². The molecule has 94 valence electrons. The molecule has 1 unspecified atom stereocenters. The second-order valence-electron chi connectivity index (χ2n) is 4.42. The van der Waals surface area contributed by atoms with E-state index in [0.29, 0.717) is 18.3 Å². The second kappa shape index (κ2) is 5.89. The highest BCUT2D eigenvalue weighted by Crippen LogP contribution is 2.20. The first-order valence-electron chi connectivity index (χ1n) is 6.01. The van der Waals surface area contributed by atoms with E-state index < -0.39 is 0 Å². The molecule has 1 aromatic rings. The molecule has 0 aromatic heterocycles. The zero-order valence-corrected chi connectivity index (χ0v) is 9.84. The molecule has 1 atom stereocenters. The van der Waals surface area contributed by atoms with Crippen LogP contribution in [-0.4, -0.2) is 31.0 Å². The number of phenols is 1. The molecule has 4 heteroatoms. The summed E-state index contributed by atoms with van der Waals surface area (Å²) in [6, 6.07) is 6.81. The number of hydrogen-bond acceptors (Lipinski definition) is 4. The number of ether oxygens (including phenoxy) is 2. The molecule has 3 N–H and O–H groups in total. The highest BCUT2D eigenvalue weighted by molar-refractivity contribution is 5.31. The van der Waals surface area contributed by atoms with Crippen molar-refractivity contribution in [2.45, 2.75) is 18.9 Å². The van der Waals surface area contributed by atoms with Gasteiger partial charge < -0.3 is 20.3 Å². The van der Waals surface area contributed by atoms with Crippen molar-refractivity contribution in [1.29, 1.82) is 0 Å². The van der Waals surface area contributed by atoms with Crippen molar-refractivity contribution < 1.29 is 14.6 Å². The Labute approximate surface area is 101 Å². The fourth-order valence-corrected chi connectivity index (χ4v) is 2.05.